The van der Waals surface area contributed by atoms with E-state index in [0.29, 0.717) is 29.2 Å². The van der Waals surface area contributed by atoms with Gasteiger partial charge in [-0.2, -0.15) is 5.10 Å². The predicted molar refractivity (Wildman–Crippen MR) is 109 cm³/mol. The van der Waals surface area contributed by atoms with Crippen LogP contribution in [-0.4, -0.2) is 27.1 Å². The van der Waals surface area contributed by atoms with Crippen molar-refractivity contribution >= 4 is 27.5 Å². The van der Waals surface area contributed by atoms with Crippen LogP contribution in [-0.2, 0) is 20.0 Å². The third kappa shape index (κ3) is 2.72. The Morgan fingerprint density at radius 1 is 1.11 bits per heavy atom. The number of aryl methyl sites for hydroxylation is 1. The van der Waals surface area contributed by atoms with Crippen LogP contribution >= 0.6 is 11.3 Å². The maximum atomic E-state index is 14.3. The van der Waals surface area contributed by atoms with Gasteiger partial charge in [0, 0.05) is 31.1 Å². The van der Waals surface area contributed by atoms with Gasteiger partial charge < -0.3 is 4.90 Å². The quantitative estimate of drug-likeness (QED) is 0.499. The molecule has 0 fully saturated rings. The second kappa shape index (κ2) is 6.56. The van der Waals surface area contributed by atoms with E-state index in [1.165, 1.54) is 28.5 Å². The summed E-state index contributed by atoms with van der Waals surface area (Å²) in [5.41, 5.74) is 3.55. The van der Waals surface area contributed by atoms with Crippen molar-refractivity contribution < 1.29 is 9.18 Å². The van der Waals surface area contributed by atoms with E-state index in [9.17, 15) is 9.18 Å². The van der Waals surface area contributed by atoms with E-state index >= 15 is 0 Å². The van der Waals surface area contributed by atoms with Gasteiger partial charge in [0.15, 0.2) is 0 Å². The zero-order valence-corrected chi connectivity index (χ0v) is 16.2. The van der Waals surface area contributed by atoms with Gasteiger partial charge in [0.1, 0.15) is 16.3 Å². The van der Waals surface area contributed by atoms with Crippen LogP contribution in [0.2, 0.25) is 0 Å². The van der Waals surface area contributed by atoms with E-state index in [2.05, 4.69) is 17.2 Å². The monoisotopic (exact) mass is 391 g/mol. The highest BCUT2D eigenvalue weighted by molar-refractivity contribution is 7.20. The second-order valence-electron chi connectivity index (χ2n) is 7.03. The maximum absolute atomic E-state index is 14.3. The summed E-state index contributed by atoms with van der Waals surface area (Å²) in [6, 6.07) is 16.7. The molecule has 140 valence electrons. The van der Waals surface area contributed by atoms with Crippen LogP contribution in [0, 0.1) is 5.82 Å². The highest BCUT2D eigenvalue weighted by Gasteiger charge is 2.25. The van der Waals surface area contributed by atoms with Crippen LogP contribution in [0.25, 0.3) is 21.5 Å². The van der Waals surface area contributed by atoms with Crippen molar-refractivity contribution in [2.45, 2.75) is 13.0 Å². The van der Waals surface area contributed by atoms with Gasteiger partial charge >= 0.3 is 0 Å². The van der Waals surface area contributed by atoms with Crippen LogP contribution in [0.1, 0.15) is 20.8 Å². The molecule has 0 spiro atoms. The Morgan fingerprint density at radius 3 is 2.68 bits per heavy atom. The molecule has 0 saturated carbocycles. The molecule has 0 bridgehead atoms. The number of hydrogen-bond acceptors (Lipinski definition) is 3. The van der Waals surface area contributed by atoms with Crippen molar-refractivity contribution in [2.24, 2.45) is 7.05 Å². The fourth-order valence-corrected chi connectivity index (χ4v) is 4.86. The molecule has 0 aliphatic carbocycles. The van der Waals surface area contributed by atoms with Gasteiger partial charge in [-0.05, 0) is 35.7 Å². The van der Waals surface area contributed by atoms with Crippen LogP contribution < -0.4 is 0 Å². The maximum Gasteiger partial charge on any atom is 0.264 e. The van der Waals surface area contributed by atoms with E-state index in [1.807, 2.05) is 30.1 Å². The topological polar surface area (TPSA) is 38.1 Å². The van der Waals surface area contributed by atoms with Crippen molar-refractivity contribution in [3.05, 3.63) is 76.4 Å². The van der Waals surface area contributed by atoms with Gasteiger partial charge in [0.2, 0.25) is 0 Å². The number of aromatic nitrogens is 2. The zero-order valence-electron chi connectivity index (χ0n) is 15.4. The number of halogens is 1. The lowest BCUT2D eigenvalue weighted by molar-refractivity contribution is 0.0739. The molecule has 4 aromatic rings. The highest BCUT2D eigenvalue weighted by atomic mass is 32.1. The van der Waals surface area contributed by atoms with Gasteiger partial charge in [0.05, 0.1) is 4.88 Å². The summed E-state index contributed by atoms with van der Waals surface area (Å²) < 4.78 is 16.0. The van der Waals surface area contributed by atoms with Crippen molar-refractivity contribution in [3.63, 3.8) is 0 Å². The van der Waals surface area contributed by atoms with Gasteiger partial charge in [-0.15, -0.1) is 11.3 Å². The van der Waals surface area contributed by atoms with Crippen LogP contribution in [0.5, 0.6) is 0 Å². The summed E-state index contributed by atoms with van der Waals surface area (Å²) >= 11 is 1.42. The Balaban J connectivity index is 1.52. The standard InChI is InChI=1S/C22H18FN3OS/c1-25-22-17(20(24-25)16-8-4-5-9-18(16)23)12-19(28-22)21(27)26-11-10-14-6-2-3-7-15(14)13-26/h2-9,12H,10-11,13H2,1H3. The van der Waals surface area contributed by atoms with Crippen LogP contribution in [0.4, 0.5) is 4.39 Å². The lowest BCUT2D eigenvalue weighted by atomic mass is 10.00. The smallest absolute Gasteiger partial charge is 0.264 e. The Hall–Kier alpha value is -2.99. The van der Waals surface area contributed by atoms with Gasteiger partial charge in [-0.1, -0.05) is 36.4 Å². The molecule has 6 heteroatoms. The number of amides is 1. The Labute approximate surface area is 165 Å². The molecule has 0 N–H and O–H groups in total. The minimum Gasteiger partial charge on any atom is -0.333 e. The lowest BCUT2D eigenvalue weighted by Crippen LogP contribution is -2.35. The molecular weight excluding hydrogens is 373 g/mol. The molecule has 1 aliphatic heterocycles. The summed E-state index contributed by atoms with van der Waals surface area (Å²) in [4.78, 5) is 16.6. The third-order valence-corrected chi connectivity index (χ3v) is 6.46. The first-order valence-corrected chi connectivity index (χ1v) is 10.0. The molecule has 2 aromatic carbocycles. The molecule has 3 heterocycles. The number of nitrogens with zero attached hydrogens (tertiary/aromatic N) is 3. The molecule has 28 heavy (non-hydrogen) atoms. The summed E-state index contributed by atoms with van der Waals surface area (Å²) in [6.07, 6.45) is 0.870. The average Bonchev–Trinajstić information content (AvgIpc) is 3.28. The normalized spacial score (nSPS) is 13.7. The summed E-state index contributed by atoms with van der Waals surface area (Å²) in [7, 11) is 1.83. The fourth-order valence-electron chi connectivity index (χ4n) is 3.82. The summed E-state index contributed by atoms with van der Waals surface area (Å²) in [6.45, 7) is 1.34. The molecule has 0 radical (unpaired) electrons. The number of carbonyl (C=O) groups excluding carboxylic acids is 1. The molecule has 5 rings (SSSR count). The zero-order chi connectivity index (χ0) is 19.3. The predicted octanol–water partition coefficient (Wildman–Crippen LogP) is 4.64. The highest BCUT2D eigenvalue weighted by Crippen LogP contribution is 2.35. The molecule has 2 aromatic heterocycles. The van der Waals surface area contributed by atoms with Gasteiger partial charge in [0.25, 0.3) is 5.91 Å². The average molecular weight is 391 g/mol. The fraction of sp³-hybridized carbons (Fsp3) is 0.182. The molecule has 0 saturated heterocycles. The SMILES string of the molecule is Cn1nc(-c2ccccc2F)c2cc(C(=O)N3CCc4ccccc4C3)sc21. The first-order chi connectivity index (χ1) is 13.6. The van der Waals surface area contributed by atoms with Crippen molar-refractivity contribution in [1.82, 2.24) is 14.7 Å². The molecule has 0 unspecified atom stereocenters. The second-order valence-corrected chi connectivity index (χ2v) is 8.06. The first-order valence-electron chi connectivity index (χ1n) is 9.19. The third-order valence-electron chi connectivity index (χ3n) is 5.27. The summed E-state index contributed by atoms with van der Waals surface area (Å²) in [5.74, 6) is -0.288. The molecular formula is C22H18FN3OS. The summed E-state index contributed by atoms with van der Waals surface area (Å²) in [5, 5.41) is 5.30. The van der Waals surface area contributed by atoms with E-state index < -0.39 is 0 Å². The first kappa shape index (κ1) is 17.1. The minimum atomic E-state index is -0.311. The molecule has 0 atom stereocenters. The number of carbonyl (C=O) groups is 1. The van der Waals surface area contributed by atoms with E-state index in [4.69, 9.17) is 0 Å². The van der Waals surface area contributed by atoms with Crippen LogP contribution in [0.3, 0.4) is 0 Å². The van der Waals surface area contributed by atoms with Crippen molar-refractivity contribution in [2.75, 3.05) is 6.54 Å². The van der Waals surface area contributed by atoms with E-state index in [0.717, 1.165) is 16.6 Å². The van der Waals surface area contributed by atoms with E-state index in [-0.39, 0.29) is 11.7 Å². The van der Waals surface area contributed by atoms with Crippen molar-refractivity contribution in [1.29, 1.82) is 0 Å². The Kier molecular flexibility index (Phi) is 4.02. The van der Waals surface area contributed by atoms with Gasteiger partial charge in [-0.3, -0.25) is 9.48 Å². The number of rotatable bonds is 2. The largest absolute Gasteiger partial charge is 0.333 e. The Bertz CT molecular complexity index is 1210. The van der Waals surface area contributed by atoms with Gasteiger partial charge in [-0.25, -0.2) is 4.39 Å². The number of benzene rings is 2. The van der Waals surface area contributed by atoms with Crippen molar-refractivity contribution in [3.8, 4) is 11.3 Å². The lowest BCUT2D eigenvalue weighted by Gasteiger charge is -2.28. The number of fused-ring (bicyclic) bond motifs is 2. The van der Waals surface area contributed by atoms with Crippen LogP contribution in [0.15, 0.2) is 54.6 Å². The van der Waals surface area contributed by atoms with E-state index in [1.54, 1.807) is 22.9 Å². The molecule has 1 amide bonds. The number of thiophene rings is 1. The Morgan fingerprint density at radius 2 is 1.86 bits per heavy atom. The minimum absolute atomic E-state index is 0.0233. The molecule has 1 aliphatic rings. The molecule has 4 nitrogen and oxygen atoms in total. The number of hydrogen-bond donors (Lipinski definition) is 0.